The van der Waals surface area contributed by atoms with Gasteiger partial charge in [0.2, 0.25) is 0 Å². The average molecular weight is 263 g/mol. The van der Waals surface area contributed by atoms with Crippen LogP contribution in [0.25, 0.3) is 0 Å². The van der Waals surface area contributed by atoms with Crippen LogP contribution in [-0.4, -0.2) is 16.5 Å². The maximum atomic E-state index is 14.2. The highest BCUT2D eigenvalue weighted by Crippen LogP contribution is 2.27. The van der Waals surface area contributed by atoms with E-state index in [9.17, 15) is 8.78 Å². The summed E-state index contributed by atoms with van der Waals surface area (Å²) in [5.74, 6) is -1.10. The first-order chi connectivity index (χ1) is 9.15. The van der Waals surface area contributed by atoms with Crippen LogP contribution in [0.1, 0.15) is 29.7 Å². The number of hydrogen-bond donors (Lipinski definition) is 1. The second kappa shape index (κ2) is 5.84. The van der Waals surface area contributed by atoms with Gasteiger partial charge in [0.25, 0.3) is 0 Å². The second-order valence-electron chi connectivity index (χ2n) is 4.25. The van der Waals surface area contributed by atoms with Crippen LogP contribution in [0, 0.1) is 18.6 Å². The summed E-state index contributed by atoms with van der Waals surface area (Å²) in [6.07, 6.45) is 4.50. The van der Waals surface area contributed by atoms with Crippen LogP contribution >= 0.6 is 0 Å². The van der Waals surface area contributed by atoms with E-state index in [-0.39, 0.29) is 5.56 Å². The van der Waals surface area contributed by atoms with Crippen molar-refractivity contribution in [2.24, 2.45) is 0 Å². The molecule has 0 amide bonds. The Balaban J connectivity index is 2.54. The monoisotopic (exact) mass is 263 g/mol. The number of halogens is 2. The Kier molecular flexibility index (Phi) is 4.16. The Labute approximate surface area is 110 Å². The molecular weight excluding hydrogens is 248 g/mol. The van der Waals surface area contributed by atoms with E-state index in [1.807, 2.05) is 6.92 Å². The lowest BCUT2D eigenvalue weighted by atomic mass is 9.98. The lowest BCUT2D eigenvalue weighted by Crippen LogP contribution is -2.24. The van der Waals surface area contributed by atoms with E-state index in [0.29, 0.717) is 17.7 Å². The Bertz CT molecular complexity index is 558. The van der Waals surface area contributed by atoms with Crippen molar-refractivity contribution in [2.45, 2.75) is 19.9 Å². The first kappa shape index (κ1) is 13.5. The summed E-state index contributed by atoms with van der Waals surface area (Å²) in [4.78, 5) is 7.80. The van der Waals surface area contributed by atoms with Gasteiger partial charge in [-0.25, -0.2) is 18.7 Å². The molecule has 0 spiro atoms. The van der Waals surface area contributed by atoms with Crippen molar-refractivity contribution in [3.8, 4) is 0 Å². The minimum atomic E-state index is -0.592. The summed E-state index contributed by atoms with van der Waals surface area (Å²) in [6, 6.07) is 2.12. The Morgan fingerprint density at radius 1 is 1.21 bits per heavy atom. The Hall–Kier alpha value is -1.88. The van der Waals surface area contributed by atoms with Crippen LogP contribution in [0.3, 0.4) is 0 Å². The van der Waals surface area contributed by atoms with E-state index >= 15 is 0 Å². The van der Waals surface area contributed by atoms with Crippen molar-refractivity contribution in [1.29, 1.82) is 0 Å². The van der Waals surface area contributed by atoms with E-state index in [0.717, 1.165) is 0 Å². The zero-order valence-electron chi connectivity index (χ0n) is 10.8. The highest BCUT2D eigenvalue weighted by Gasteiger charge is 2.22. The molecule has 1 heterocycles. The molecule has 1 aromatic carbocycles. The Morgan fingerprint density at radius 2 is 1.89 bits per heavy atom. The normalized spacial score (nSPS) is 12.4. The van der Waals surface area contributed by atoms with Gasteiger partial charge in [-0.15, -0.1) is 0 Å². The third-order valence-corrected chi connectivity index (χ3v) is 2.93. The number of aromatic nitrogens is 2. The lowest BCUT2D eigenvalue weighted by Gasteiger charge is -2.20. The molecule has 100 valence electrons. The molecule has 0 saturated carbocycles. The molecular formula is C14H15F2N3. The van der Waals surface area contributed by atoms with E-state index in [4.69, 9.17) is 0 Å². The number of aryl methyl sites for hydroxylation is 1. The van der Waals surface area contributed by atoms with E-state index in [1.165, 1.54) is 18.5 Å². The third kappa shape index (κ3) is 2.76. The number of hydrogen-bond acceptors (Lipinski definition) is 3. The molecule has 0 bridgehead atoms. The van der Waals surface area contributed by atoms with Crippen LogP contribution < -0.4 is 5.32 Å². The van der Waals surface area contributed by atoms with Gasteiger partial charge in [0.1, 0.15) is 18.0 Å². The standard InChI is InChI=1S/C14H15F2N3/c1-3-19-14(10-6-17-8-18-7-10)12-11(15)5-4-9(2)13(12)16/h4-8,14,19H,3H2,1-2H3. The van der Waals surface area contributed by atoms with E-state index in [2.05, 4.69) is 15.3 Å². The van der Waals surface area contributed by atoms with E-state index < -0.39 is 17.7 Å². The summed E-state index contributed by atoms with van der Waals surface area (Å²) in [5, 5.41) is 3.06. The van der Waals surface area contributed by atoms with Gasteiger partial charge in [-0.1, -0.05) is 13.0 Å². The average Bonchev–Trinajstić information content (AvgIpc) is 2.43. The zero-order chi connectivity index (χ0) is 13.8. The predicted octanol–water partition coefficient (Wildman–Crippen LogP) is 2.76. The van der Waals surface area contributed by atoms with Gasteiger partial charge >= 0.3 is 0 Å². The van der Waals surface area contributed by atoms with Crippen LogP contribution in [-0.2, 0) is 0 Å². The molecule has 1 aromatic heterocycles. The van der Waals surface area contributed by atoms with Gasteiger partial charge in [-0.3, -0.25) is 0 Å². The van der Waals surface area contributed by atoms with Gasteiger partial charge < -0.3 is 5.32 Å². The molecule has 0 fully saturated rings. The molecule has 5 heteroatoms. The molecule has 1 unspecified atom stereocenters. The van der Waals surface area contributed by atoms with Crippen LogP contribution in [0.15, 0.2) is 30.9 Å². The fourth-order valence-electron chi connectivity index (χ4n) is 1.99. The van der Waals surface area contributed by atoms with Crippen molar-refractivity contribution >= 4 is 0 Å². The van der Waals surface area contributed by atoms with Crippen LogP contribution in [0.4, 0.5) is 8.78 Å². The maximum absolute atomic E-state index is 14.2. The molecule has 2 aromatic rings. The van der Waals surface area contributed by atoms with Crippen LogP contribution in [0.5, 0.6) is 0 Å². The minimum absolute atomic E-state index is 0.0108. The van der Waals surface area contributed by atoms with Gasteiger partial charge in [0.15, 0.2) is 0 Å². The maximum Gasteiger partial charge on any atom is 0.134 e. The molecule has 3 nitrogen and oxygen atoms in total. The number of rotatable bonds is 4. The lowest BCUT2D eigenvalue weighted by molar-refractivity contribution is 0.505. The molecule has 0 aliphatic carbocycles. The van der Waals surface area contributed by atoms with Crippen molar-refractivity contribution in [3.05, 3.63) is 59.2 Å². The number of nitrogens with one attached hydrogen (secondary N) is 1. The SMILES string of the molecule is CCNC(c1cncnc1)c1c(F)ccc(C)c1F. The van der Waals surface area contributed by atoms with E-state index in [1.54, 1.807) is 19.3 Å². The summed E-state index contributed by atoms with van der Waals surface area (Å²) in [7, 11) is 0. The van der Waals surface area contributed by atoms with Gasteiger partial charge in [0, 0.05) is 23.5 Å². The smallest absolute Gasteiger partial charge is 0.134 e. The molecule has 19 heavy (non-hydrogen) atoms. The van der Waals surface area contributed by atoms with Crippen LogP contribution in [0.2, 0.25) is 0 Å². The number of nitrogens with zero attached hydrogens (tertiary/aromatic N) is 2. The Morgan fingerprint density at radius 3 is 2.53 bits per heavy atom. The molecule has 2 rings (SSSR count). The fraction of sp³-hybridized carbons (Fsp3) is 0.286. The highest BCUT2D eigenvalue weighted by atomic mass is 19.1. The minimum Gasteiger partial charge on any atom is -0.306 e. The zero-order valence-corrected chi connectivity index (χ0v) is 10.8. The summed E-state index contributed by atoms with van der Waals surface area (Å²) < 4.78 is 28.2. The molecule has 1 atom stereocenters. The largest absolute Gasteiger partial charge is 0.306 e. The molecule has 0 saturated heterocycles. The summed E-state index contributed by atoms with van der Waals surface area (Å²) >= 11 is 0. The van der Waals surface area contributed by atoms with Gasteiger partial charge in [-0.2, -0.15) is 0 Å². The van der Waals surface area contributed by atoms with Crippen molar-refractivity contribution in [2.75, 3.05) is 6.54 Å². The second-order valence-corrected chi connectivity index (χ2v) is 4.25. The van der Waals surface area contributed by atoms with Gasteiger partial charge in [0.05, 0.1) is 6.04 Å². The predicted molar refractivity (Wildman–Crippen MR) is 68.6 cm³/mol. The number of benzene rings is 1. The first-order valence-electron chi connectivity index (χ1n) is 6.08. The summed E-state index contributed by atoms with van der Waals surface area (Å²) in [6.45, 7) is 4.07. The topological polar surface area (TPSA) is 37.8 Å². The van der Waals surface area contributed by atoms with Gasteiger partial charge in [-0.05, 0) is 25.1 Å². The quantitative estimate of drug-likeness (QED) is 0.921. The molecule has 0 aliphatic heterocycles. The molecule has 0 aliphatic rings. The van der Waals surface area contributed by atoms with Crippen molar-refractivity contribution < 1.29 is 8.78 Å². The fourth-order valence-corrected chi connectivity index (χ4v) is 1.99. The molecule has 0 radical (unpaired) electrons. The summed E-state index contributed by atoms with van der Waals surface area (Å²) in [5.41, 5.74) is 1.06. The highest BCUT2D eigenvalue weighted by molar-refractivity contribution is 5.34. The van der Waals surface area contributed by atoms with Crippen molar-refractivity contribution in [1.82, 2.24) is 15.3 Å². The third-order valence-electron chi connectivity index (χ3n) is 2.93. The van der Waals surface area contributed by atoms with Crippen molar-refractivity contribution in [3.63, 3.8) is 0 Å². The molecule has 1 N–H and O–H groups in total. The first-order valence-corrected chi connectivity index (χ1v) is 6.08.